The van der Waals surface area contributed by atoms with Gasteiger partial charge in [0, 0.05) is 16.1 Å². The van der Waals surface area contributed by atoms with Crippen LogP contribution < -0.4 is 5.32 Å². The molecule has 1 nitrogen and oxygen atoms in total. The standard InChI is InChI=1S/C16H25Cl2N/c1-4-7-8-12(5-2)16(19-6-3)14-10-9-13(17)11-15(14)18/h9-12,16,19H,4-8H2,1-3H3. The quantitative estimate of drug-likeness (QED) is 0.634. The molecule has 0 bridgehead atoms. The molecule has 2 unspecified atom stereocenters. The summed E-state index contributed by atoms with van der Waals surface area (Å²) in [5.74, 6) is 0.624. The van der Waals surface area contributed by atoms with Gasteiger partial charge in [0.15, 0.2) is 0 Å². The van der Waals surface area contributed by atoms with E-state index in [0.29, 0.717) is 17.0 Å². The maximum Gasteiger partial charge on any atom is 0.0468 e. The van der Waals surface area contributed by atoms with E-state index < -0.39 is 0 Å². The number of hydrogen-bond donors (Lipinski definition) is 1. The summed E-state index contributed by atoms with van der Waals surface area (Å²) in [7, 11) is 0. The Morgan fingerprint density at radius 1 is 1.16 bits per heavy atom. The van der Waals surface area contributed by atoms with E-state index in [-0.39, 0.29) is 0 Å². The second-order valence-electron chi connectivity index (χ2n) is 5.01. The molecule has 1 N–H and O–H groups in total. The summed E-state index contributed by atoms with van der Waals surface area (Å²) in [6.45, 7) is 7.59. The smallest absolute Gasteiger partial charge is 0.0468 e. The van der Waals surface area contributed by atoms with Gasteiger partial charge in [-0.3, -0.25) is 0 Å². The van der Waals surface area contributed by atoms with E-state index >= 15 is 0 Å². The fraction of sp³-hybridized carbons (Fsp3) is 0.625. The minimum atomic E-state index is 0.325. The van der Waals surface area contributed by atoms with Gasteiger partial charge in [-0.1, -0.05) is 69.3 Å². The van der Waals surface area contributed by atoms with Gasteiger partial charge in [0.2, 0.25) is 0 Å². The van der Waals surface area contributed by atoms with Crippen molar-refractivity contribution < 1.29 is 0 Å². The van der Waals surface area contributed by atoms with Crippen molar-refractivity contribution in [2.75, 3.05) is 6.54 Å². The second-order valence-corrected chi connectivity index (χ2v) is 5.86. The third kappa shape index (κ3) is 4.98. The largest absolute Gasteiger partial charge is 0.310 e. The van der Waals surface area contributed by atoms with E-state index in [1.165, 1.54) is 24.8 Å². The van der Waals surface area contributed by atoms with Crippen LogP contribution in [0.4, 0.5) is 0 Å². The first-order chi connectivity index (χ1) is 9.13. The van der Waals surface area contributed by atoms with Crippen LogP contribution in [0.1, 0.15) is 58.1 Å². The van der Waals surface area contributed by atoms with E-state index in [2.05, 4.69) is 32.2 Å². The molecule has 1 aromatic rings. The van der Waals surface area contributed by atoms with Gasteiger partial charge in [0.25, 0.3) is 0 Å². The van der Waals surface area contributed by atoms with Crippen LogP contribution in [0.2, 0.25) is 10.0 Å². The van der Waals surface area contributed by atoms with Crippen molar-refractivity contribution in [3.63, 3.8) is 0 Å². The molecule has 1 aromatic carbocycles. The average molecular weight is 302 g/mol. The lowest BCUT2D eigenvalue weighted by molar-refractivity contribution is 0.328. The molecular formula is C16H25Cl2N. The monoisotopic (exact) mass is 301 g/mol. The summed E-state index contributed by atoms with van der Waals surface area (Å²) in [6, 6.07) is 6.16. The third-order valence-electron chi connectivity index (χ3n) is 3.65. The highest BCUT2D eigenvalue weighted by Gasteiger charge is 2.22. The second kappa shape index (κ2) is 8.84. The molecule has 0 amide bonds. The molecule has 0 aromatic heterocycles. The maximum absolute atomic E-state index is 6.37. The Bertz CT molecular complexity index is 379. The van der Waals surface area contributed by atoms with Gasteiger partial charge in [0.1, 0.15) is 0 Å². The van der Waals surface area contributed by atoms with Crippen molar-refractivity contribution in [1.82, 2.24) is 5.32 Å². The summed E-state index contributed by atoms with van der Waals surface area (Å²) in [5.41, 5.74) is 1.18. The van der Waals surface area contributed by atoms with Crippen molar-refractivity contribution in [2.45, 2.75) is 52.5 Å². The lowest BCUT2D eigenvalue weighted by Crippen LogP contribution is -2.28. The number of rotatable bonds is 8. The molecule has 0 aliphatic rings. The lowest BCUT2D eigenvalue weighted by Gasteiger charge is -2.28. The van der Waals surface area contributed by atoms with Gasteiger partial charge in [-0.2, -0.15) is 0 Å². The molecule has 0 spiro atoms. The van der Waals surface area contributed by atoms with Crippen LogP contribution in [-0.2, 0) is 0 Å². The van der Waals surface area contributed by atoms with Crippen molar-refractivity contribution >= 4 is 23.2 Å². The van der Waals surface area contributed by atoms with Gasteiger partial charge in [-0.05, 0) is 36.6 Å². The zero-order valence-electron chi connectivity index (χ0n) is 12.2. The third-order valence-corrected chi connectivity index (χ3v) is 4.21. The maximum atomic E-state index is 6.37. The zero-order chi connectivity index (χ0) is 14.3. The molecule has 0 aliphatic heterocycles. The summed E-state index contributed by atoms with van der Waals surface area (Å²) < 4.78 is 0. The highest BCUT2D eigenvalue weighted by atomic mass is 35.5. The summed E-state index contributed by atoms with van der Waals surface area (Å²) >= 11 is 12.4. The van der Waals surface area contributed by atoms with Gasteiger partial charge in [-0.25, -0.2) is 0 Å². The van der Waals surface area contributed by atoms with Crippen molar-refractivity contribution in [3.05, 3.63) is 33.8 Å². The molecule has 0 aliphatic carbocycles. The number of benzene rings is 1. The Balaban J connectivity index is 2.96. The van der Waals surface area contributed by atoms with Crippen LogP contribution in [0.15, 0.2) is 18.2 Å². The minimum Gasteiger partial charge on any atom is -0.310 e. The van der Waals surface area contributed by atoms with Crippen LogP contribution in [0.25, 0.3) is 0 Å². The van der Waals surface area contributed by atoms with Crippen LogP contribution in [0, 0.1) is 5.92 Å². The van der Waals surface area contributed by atoms with E-state index in [9.17, 15) is 0 Å². The molecule has 0 saturated heterocycles. The van der Waals surface area contributed by atoms with Crippen LogP contribution in [0.3, 0.4) is 0 Å². The Hall–Kier alpha value is -0.240. The molecular weight excluding hydrogens is 277 g/mol. The highest BCUT2D eigenvalue weighted by Crippen LogP contribution is 2.34. The molecule has 3 heteroatoms. The average Bonchev–Trinajstić information content (AvgIpc) is 2.39. The van der Waals surface area contributed by atoms with Crippen LogP contribution in [-0.4, -0.2) is 6.54 Å². The number of nitrogens with one attached hydrogen (secondary N) is 1. The Labute approximate surface area is 127 Å². The van der Waals surface area contributed by atoms with Crippen LogP contribution in [0.5, 0.6) is 0 Å². The van der Waals surface area contributed by atoms with Gasteiger partial charge >= 0.3 is 0 Å². The number of unbranched alkanes of at least 4 members (excludes halogenated alkanes) is 1. The number of halogens is 2. The van der Waals surface area contributed by atoms with Crippen LogP contribution >= 0.6 is 23.2 Å². The first-order valence-electron chi connectivity index (χ1n) is 7.32. The summed E-state index contributed by atoms with van der Waals surface area (Å²) in [6.07, 6.45) is 4.91. The van der Waals surface area contributed by atoms with Gasteiger partial charge < -0.3 is 5.32 Å². The minimum absolute atomic E-state index is 0.325. The summed E-state index contributed by atoms with van der Waals surface area (Å²) in [4.78, 5) is 0. The molecule has 108 valence electrons. The van der Waals surface area contributed by atoms with Crippen molar-refractivity contribution in [2.24, 2.45) is 5.92 Å². The molecule has 2 atom stereocenters. The zero-order valence-corrected chi connectivity index (χ0v) is 13.7. The topological polar surface area (TPSA) is 12.0 Å². The van der Waals surface area contributed by atoms with E-state index in [1.807, 2.05) is 12.1 Å². The summed E-state index contributed by atoms with van der Waals surface area (Å²) in [5, 5.41) is 5.06. The normalized spacial score (nSPS) is 14.4. The Morgan fingerprint density at radius 3 is 2.42 bits per heavy atom. The van der Waals surface area contributed by atoms with E-state index in [1.54, 1.807) is 0 Å². The predicted octanol–water partition coefficient (Wildman–Crippen LogP) is 5.86. The highest BCUT2D eigenvalue weighted by molar-refractivity contribution is 6.35. The molecule has 0 fully saturated rings. The Morgan fingerprint density at radius 2 is 1.89 bits per heavy atom. The molecule has 19 heavy (non-hydrogen) atoms. The molecule has 0 heterocycles. The molecule has 1 rings (SSSR count). The predicted molar refractivity (Wildman–Crippen MR) is 86.2 cm³/mol. The SMILES string of the molecule is CCCCC(CC)C(NCC)c1ccc(Cl)cc1Cl. The first kappa shape index (κ1) is 16.8. The van der Waals surface area contributed by atoms with Crippen molar-refractivity contribution in [1.29, 1.82) is 0 Å². The Kier molecular flexibility index (Phi) is 7.82. The fourth-order valence-electron chi connectivity index (χ4n) is 2.58. The fourth-order valence-corrected chi connectivity index (χ4v) is 3.10. The van der Waals surface area contributed by atoms with E-state index in [4.69, 9.17) is 23.2 Å². The van der Waals surface area contributed by atoms with E-state index in [0.717, 1.165) is 18.0 Å². The first-order valence-corrected chi connectivity index (χ1v) is 8.07. The van der Waals surface area contributed by atoms with Gasteiger partial charge in [-0.15, -0.1) is 0 Å². The van der Waals surface area contributed by atoms with Gasteiger partial charge in [0.05, 0.1) is 0 Å². The molecule has 0 radical (unpaired) electrons. The van der Waals surface area contributed by atoms with Crippen molar-refractivity contribution in [3.8, 4) is 0 Å². The number of hydrogen-bond acceptors (Lipinski definition) is 1. The molecule has 0 saturated carbocycles. The lowest BCUT2D eigenvalue weighted by atomic mass is 9.87.